The third-order valence-electron chi connectivity index (χ3n) is 5.41. The molecule has 0 radical (unpaired) electrons. The monoisotopic (exact) mass is 433 g/mol. The number of hydrogen-bond donors (Lipinski definition) is 1. The Morgan fingerprint density at radius 1 is 1.03 bits per heavy atom. The van der Waals surface area contributed by atoms with Gasteiger partial charge in [-0.3, -0.25) is 9.59 Å². The normalized spacial score (nSPS) is 15.4. The van der Waals surface area contributed by atoms with Gasteiger partial charge in [0.1, 0.15) is 6.54 Å². The second-order valence-electron chi connectivity index (χ2n) is 7.70. The van der Waals surface area contributed by atoms with Crippen LogP contribution in [-0.4, -0.2) is 60.9 Å². The van der Waals surface area contributed by atoms with Gasteiger partial charge in [0.15, 0.2) is 0 Å². The minimum Gasteiger partial charge on any atom is -0.339 e. The average Bonchev–Trinajstić information content (AvgIpc) is 2.78. The number of hydrogen-bond acceptors (Lipinski definition) is 3. The van der Waals surface area contributed by atoms with Gasteiger partial charge in [0.2, 0.25) is 5.91 Å². The molecule has 0 unspecified atom stereocenters. The first-order valence-corrected chi connectivity index (χ1v) is 10.3. The molecule has 0 saturated carbocycles. The van der Waals surface area contributed by atoms with Gasteiger partial charge in [0.05, 0.1) is 5.56 Å². The van der Waals surface area contributed by atoms with Gasteiger partial charge in [-0.05, 0) is 35.7 Å². The van der Waals surface area contributed by atoms with E-state index in [0.717, 1.165) is 17.7 Å². The van der Waals surface area contributed by atoms with Crippen LogP contribution in [0.1, 0.15) is 34.3 Å². The third kappa shape index (κ3) is 6.07. The lowest BCUT2D eigenvalue weighted by Gasteiger charge is -2.31. The first kappa shape index (κ1) is 22.8. The van der Waals surface area contributed by atoms with Crippen molar-refractivity contribution in [3.63, 3.8) is 0 Å². The van der Waals surface area contributed by atoms with Crippen LogP contribution in [0.25, 0.3) is 0 Å². The number of rotatable bonds is 6. The van der Waals surface area contributed by atoms with E-state index in [1.165, 1.54) is 17.0 Å². The molecule has 8 heteroatoms. The average molecular weight is 433 g/mol. The summed E-state index contributed by atoms with van der Waals surface area (Å²) in [6.45, 7) is 4.64. The Morgan fingerprint density at radius 2 is 1.65 bits per heavy atom. The SMILES string of the molecule is C[C@H](CN(CC(=O)N1CCNCC1)C(=O)c1ccc(C(F)(F)F)cc1)c1ccccc1. The van der Waals surface area contributed by atoms with Crippen molar-refractivity contribution in [3.8, 4) is 0 Å². The Kier molecular flexibility index (Phi) is 7.33. The molecule has 1 heterocycles. The lowest BCUT2D eigenvalue weighted by Crippen LogP contribution is -2.50. The number of carbonyl (C=O) groups excluding carboxylic acids is 2. The van der Waals surface area contributed by atoms with Gasteiger partial charge in [-0.25, -0.2) is 0 Å². The molecule has 1 fully saturated rings. The van der Waals surface area contributed by atoms with Crippen LogP contribution in [0.5, 0.6) is 0 Å². The van der Waals surface area contributed by atoms with Crippen molar-refractivity contribution in [2.75, 3.05) is 39.3 Å². The summed E-state index contributed by atoms with van der Waals surface area (Å²) in [6.07, 6.45) is -4.47. The topological polar surface area (TPSA) is 52.7 Å². The van der Waals surface area contributed by atoms with Gasteiger partial charge in [-0.2, -0.15) is 13.2 Å². The molecule has 0 spiro atoms. The number of nitrogens with one attached hydrogen (secondary N) is 1. The maximum atomic E-state index is 13.2. The summed E-state index contributed by atoms with van der Waals surface area (Å²) >= 11 is 0. The molecule has 0 aliphatic carbocycles. The predicted octanol–water partition coefficient (Wildman–Crippen LogP) is 3.38. The van der Waals surface area contributed by atoms with Crippen LogP contribution in [0.4, 0.5) is 13.2 Å². The zero-order valence-corrected chi connectivity index (χ0v) is 17.4. The Bertz CT molecular complexity index is 879. The first-order valence-electron chi connectivity index (χ1n) is 10.3. The number of alkyl halides is 3. The van der Waals surface area contributed by atoms with Crippen LogP contribution < -0.4 is 5.32 Å². The van der Waals surface area contributed by atoms with E-state index in [4.69, 9.17) is 0 Å². The zero-order chi connectivity index (χ0) is 22.4. The van der Waals surface area contributed by atoms with E-state index in [1.807, 2.05) is 37.3 Å². The third-order valence-corrected chi connectivity index (χ3v) is 5.41. The highest BCUT2D eigenvalue weighted by atomic mass is 19.4. The van der Waals surface area contributed by atoms with Crippen LogP contribution in [0.2, 0.25) is 0 Å². The van der Waals surface area contributed by atoms with E-state index < -0.39 is 17.6 Å². The molecule has 1 aliphatic rings. The molecule has 5 nitrogen and oxygen atoms in total. The summed E-state index contributed by atoms with van der Waals surface area (Å²) in [5.74, 6) is -0.669. The van der Waals surface area contributed by atoms with Crippen LogP contribution in [0, 0.1) is 0 Å². The van der Waals surface area contributed by atoms with Crippen LogP contribution in [0.15, 0.2) is 54.6 Å². The quantitative estimate of drug-likeness (QED) is 0.760. The molecule has 2 aromatic rings. The standard InChI is InChI=1S/C23H26F3N3O2/c1-17(18-5-3-2-4-6-18)15-29(16-21(30)28-13-11-27-12-14-28)22(31)19-7-9-20(10-8-19)23(24,25)26/h2-10,17,27H,11-16H2,1H3/t17-/m1/s1. The van der Waals surface area contributed by atoms with E-state index in [1.54, 1.807) is 4.90 Å². The molecule has 2 aromatic carbocycles. The first-order chi connectivity index (χ1) is 14.8. The van der Waals surface area contributed by atoms with Gasteiger partial charge < -0.3 is 15.1 Å². The number of benzene rings is 2. The Morgan fingerprint density at radius 3 is 2.23 bits per heavy atom. The lowest BCUT2D eigenvalue weighted by atomic mass is 10.00. The molecule has 0 aromatic heterocycles. The Labute approximate surface area is 179 Å². The summed E-state index contributed by atoms with van der Waals surface area (Å²) in [4.78, 5) is 29.1. The molecule has 1 atom stereocenters. The highest BCUT2D eigenvalue weighted by Gasteiger charge is 2.31. The fourth-order valence-corrected chi connectivity index (χ4v) is 3.60. The highest BCUT2D eigenvalue weighted by molar-refractivity contribution is 5.96. The number of amides is 2. The van der Waals surface area contributed by atoms with E-state index in [-0.39, 0.29) is 30.5 Å². The van der Waals surface area contributed by atoms with Gasteiger partial charge >= 0.3 is 6.18 Å². The van der Waals surface area contributed by atoms with Crippen molar-refractivity contribution in [3.05, 3.63) is 71.3 Å². The Balaban J connectivity index is 1.79. The van der Waals surface area contributed by atoms with Crippen molar-refractivity contribution in [2.45, 2.75) is 19.0 Å². The van der Waals surface area contributed by atoms with Gasteiger partial charge in [0.25, 0.3) is 5.91 Å². The molecule has 3 rings (SSSR count). The predicted molar refractivity (Wildman–Crippen MR) is 112 cm³/mol. The number of piperazine rings is 1. The maximum Gasteiger partial charge on any atom is 0.416 e. The van der Waals surface area contributed by atoms with Crippen molar-refractivity contribution >= 4 is 11.8 Å². The van der Waals surface area contributed by atoms with Crippen molar-refractivity contribution in [2.24, 2.45) is 0 Å². The second-order valence-corrected chi connectivity index (χ2v) is 7.70. The fraction of sp³-hybridized carbons (Fsp3) is 0.391. The summed E-state index contributed by atoms with van der Waals surface area (Å²) < 4.78 is 38.6. The fourth-order valence-electron chi connectivity index (χ4n) is 3.60. The molecular formula is C23H26F3N3O2. The molecule has 0 bridgehead atoms. The summed E-state index contributed by atoms with van der Waals surface area (Å²) in [6, 6.07) is 13.7. The molecule has 1 saturated heterocycles. The summed E-state index contributed by atoms with van der Waals surface area (Å²) in [7, 11) is 0. The molecule has 2 amide bonds. The number of carbonyl (C=O) groups is 2. The van der Waals surface area contributed by atoms with Crippen molar-refractivity contribution in [1.29, 1.82) is 0 Å². The summed E-state index contributed by atoms with van der Waals surface area (Å²) in [5.41, 5.74) is 0.328. The molecular weight excluding hydrogens is 407 g/mol. The van der Waals surface area contributed by atoms with Crippen LogP contribution >= 0.6 is 0 Å². The van der Waals surface area contributed by atoms with Gasteiger partial charge in [-0.1, -0.05) is 37.3 Å². The minimum atomic E-state index is -4.47. The van der Waals surface area contributed by atoms with Crippen molar-refractivity contribution < 1.29 is 22.8 Å². The second kappa shape index (κ2) is 9.96. The molecule has 1 N–H and O–H groups in total. The van der Waals surface area contributed by atoms with Gasteiger partial charge in [-0.15, -0.1) is 0 Å². The van der Waals surface area contributed by atoms with Gasteiger partial charge in [0, 0.05) is 38.3 Å². The summed E-state index contributed by atoms with van der Waals surface area (Å²) in [5, 5.41) is 3.18. The lowest BCUT2D eigenvalue weighted by molar-refractivity contribution is -0.137. The molecule has 166 valence electrons. The van der Waals surface area contributed by atoms with Crippen LogP contribution in [-0.2, 0) is 11.0 Å². The zero-order valence-electron chi connectivity index (χ0n) is 17.4. The van der Waals surface area contributed by atoms with Crippen molar-refractivity contribution in [1.82, 2.24) is 15.1 Å². The van der Waals surface area contributed by atoms with E-state index in [2.05, 4.69) is 5.32 Å². The van der Waals surface area contributed by atoms with Crippen LogP contribution in [0.3, 0.4) is 0 Å². The molecule has 31 heavy (non-hydrogen) atoms. The molecule has 1 aliphatic heterocycles. The van der Waals surface area contributed by atoms with E-state index in [9.17, 15) is 22.8 Å². The maximum absolute atomic E-state index is 13.2. The van der Waals surface area contributed by atoms with E-state index in [0.29, 0.717) is 26.2 Å². The number of halogens is 3. The Hall–Kier alpha value is -2.87. The van der Waals surface area contributed by atoms with E-state index >= 15 is 0 Å². The largest absolute Gasteiger partial charge is 0.416 e. The minimum absolute atomic E-state index is 0.0459. The highest BCUT2D eigenvalue weighted by Crippen LogP contribution is 2.29. The smallest absolute Gasteiger partial charge is 0.339 e. The number of nitrogens with zero attached hydrogens (tertiary/aromatic N) is 2.